The van der Waals surface area contributed by atoms with Crippen LogP contribution in [0.5, 0.6) is 0 Å². The molecule has 0 saturated carbocycles. The zero-order chi connectivity index (χ0) is 12.7. The number of nitrogens with two attached hydrogens (primary N) is 1. The summed E-state index contributed by atoms with van der Waals surface area (Å²) < 4.78 is 25.3. The van der Waals surface area contributed by atoms with Crippen molar-refractivity contribution in [2.75, 3.05) is 23.8 Å². The van der Waals surface area contributed by atoms with Gasteiger partial charge in [-0.25, -0.2) is 13.1 Å². The third-order valence-corrected chi connectivity index (χ3v) is 4.57. The molecule has 0 fully saturated rings. The van der Waals surface area contributed by atoms with E-state index in [0.717, 1.165) is 4.90 Å². The highest BCUT2D eigenvalue weighted by Gasteiger charge is 2.08. The molecule has 0 aromatic heterocycles. The van der Waals surface area contributed by atoms with Gasteiger partial charge in [-0.05, 0) is 24.3 Å². The molecular weight excluding hydrogens is 256 g/mol. The first kappa shape index (κ1) is 14.1. The molecule has 0 radical (unpaired) electrons. The Balaban J connectivity index is 2.37. The van der Waals surface area contributed by atoms with Gasteiger partial charge in [0.25, 0.3) is 0 Å². The summed E-state index contributed by atoms with van der Waals surface area (Å²) in [6, 6.07) is 7.35. The number of sulfonamides is 1. The Bertz CT molecular complexity index is 455. The van der Waals surface area contributed by atoms with E-state index >= 15 is 0 Å². The molecule has 0 atom stereocenters. The third kappa shape index (κ3) is 5.76. The standard InChI is InChI=1S/C11H16N2O2S2/c1-2-7-13-17(14,15)9-8-16-11-5-3-10(12)4-6-11/h2-6,13H,1,7-9,12H2. The predicted octanol–water partition coefficient (Wildman–Crippen LogP) is 1.47. The highest BCUT2D eigenvalue weighted by Crippen LogP contribution is 2.19. The van der Waals surface area contributed by atoms with Crippen molar-refractivity contribution in [3.63, 3.8) is 0 Å². The summed E-state index contributed by atoms with van der Waals surface area (Å²) in [7, 11) is -3.19. The number of thioether (sulfide) groups is 1. The number of hydrogen-bond donors (Lipinski definition) is 2. The number of anilines is 1. The lowest BCUT2D eigenvalue weighted by Gasteiger charge is -2.04. The van der Waals surface area contributed by atoms with Crippen LogP contribution >= 0.6 is 11.8 Å². The lowest BCUT2D eigenvalue weighted by atomic mass is 10.3. The Labute approximate surface area is 106 Å². The van der Waals surface area contributed by atoms with Crippen molar-refractivity contribution in [3.8, 4) is 0 Å². The lowest BCUT2D eigenvalue weighted by molar-refractivity contribution is 0.587. The SMILES string of the molecule is C=CCNS(=O)(=O)CCSc1ccc(N)cc1. The zero-order valence-corrected chi connectivity index (χ0v) is 11.1. The number of rotatable bonds is 7. The quantitative estimate of drug-likeness (QED) is 0.448. The van der Waals surface area contributed by atoms with Crippen LogP contribution in [-0.4, -0.2) is 26.5 Å². The third-order valence-electron chi connectivity index (χ3n) is 1.95. The molecule has 0 amide bonds. The van der Waals surface area contributed by atoms with Gasteiger partial charge in [-0.3, -0.25) is 0 Å². The number of benzene rings is 1. The Morgan fingerprint density at radius 1 is 1.35 bits per heavy atom. The minimum atomic E-state index is -3.19. The molecule has 1 rings (SSSR count). The van der Waals surface area contributed by atoms with Gasteiger partial charge in [-0.15, -0.1) is 18.3 Å². The topological polar surface area (TPSA) is 72.2 Å². The average molecular weight is 272 g/mol. The molecule has 0 aliphatic heterocycles. The minimum Gasteiger partial charge on any atom is -0.399 e. The molecule has 0 spiro atoms. The molecule has 0 saturated heterocycles. The zero-order valence-electron chi connectivity index (χ0n) is 9.43. The summed E-state index contributed by atoms with van der Waals surface area (Å²) in [4.78, 5) is 1.01. The summed E-state index contributed by atoms with van der Waals surface area (Å²) in [5.41, 5.74) is 6.26. The predicted molar refractivity (Wildman–Crippen MR) is 73.6 cm³/mol. The van der Waals surface area contributed by atoms with Crippen molar-refractivity contribution in [3.05, 3.63) is 36.9 Å². The van der Waals surface area contributed by atoms with Crippen molar-refractivity contribution >= 4 is 27.5 Å². The van der Waals surface area contributed by atoms with Crippen LogP contribution in [0.3, 0.4) is 0 Å². The van der Waals surface area contributed by atoms with Gasteiger partial charge in [0.05, 0.1) is 5.75 Å². The molecule has 6 heteroatoms. The van der Waals surface area contributed by atoms with Crippen LogP contribution in [0.2, 0.25) is 0 Å². The van der Waals surface area contributed by atoms with Crippen molar-refractivity contribution in [1.29, 1.82) is 0 Å². The van der Waals surface area contributed by atoms with E-state index in [4.69, 9.17) is 5.73 Å². The van der Waals surface area contributed by atoms with E-state index in [2.05, 4.69) is 11.3 Å². The van der Waals surface area contributed by atoms with Gasteiger partial charge in [0, 0.05) is 22.9 Å². The Morgan fingerprint density at radius 3 is 2.59 bits per heavy atom. The second kappa shape index (κ2) is 6.68. The van der Waals surface area contributed by atoms with E-state index in [1.165, 1.54) is 17.8 Å². The molecule has 4 nitrogen and oxygen atoms in total. The molecule has 17 heavy (non-hydrogen) atoms. The Hall–Kier alpha value is -0.980. The van der Waals surface area contributed by atoms with Crippen molar-refractivity contribution in [2.45, 2.75) is 4.90 Å². The highest BCUT2D eigenvalue weighted by atomic mass is 32.2. The molecule has 0 heterocycles. The fourth-order valence-corrected chi connectivity index (χ4v) is 3.38. The van der Waals surface area contributed by atoms with Crippen LogP contribution in [-0.2, 0) is 10.0 Å². The summed E-state index contributed by atoms with van der Waals surface area (Å²) in [6.45, 7) is 3.73. The summed E-state index contributed by atoms with van der Waals surface area (Å²) in [5, 5.41) is 0. The molecule has 1 aromatic carbocycles. The van der Waals surface area contributed by atoms with Crippen LogP contribution in [0.1, 0.15) is 0 Å². The first-order chi connectivity index (χ1) is 8.03. The molecule has 1 aromatic rings. The molecular formula is C11H16N2O2S2. The normalized spacial score (nSPS) is 11.3. The van der Waals surface area contributed by atoms with Gasteiger partial charge in [-0.2, -0.15) is 0 Å². The summed E-state index contributed by atoms with van der Waals surface area (Å²) >= 11 is 1.49. The van der Waals surface area contributed by atoms with Crippen molar-refractivity contribution in [1.82, 2.24) is 4.72 Å². The lowest BCUT2D eigenvalue weighted by Crippen LogP contribution is -2.27. The van der Waals surface area contributed by atoms with Gasteiger partial charge >= 0.3 is 0 Å². The van der Waals surface area contributed by atoms with Crippen molar-refractivity contribution in [2.24, 2.45) is 0 Å². The van der Waals surface area contributed by atoms with Gasteiger partial charge in [0.15, 0.2) is 0 Å². The first-order valence-corrected chi connectivity index (χ1v) is 7.74. The Kier molecular flexibility index (Phi) is 5.54. The minimum absolute atomic E-state index is 0.0931. The van der Waals surface area contributed by atoms with E-state index in [0.29, 0.717) is 11.4 Å². The van der Waals surface area contributed by atoms with E-state index in [1.807, 2.05) is 12.1 Å². The van der Waals surface area contributed by atoms with Crippen LogP contribution in [0, 0.1) is 0 Å². The fourth-order valence-electron chi connectivity index (χ4n) is 1.09. The van der Waals surface area contributed by atoms with Gasteiger partial charge in [-0.1, -0.05) is 6.08 Å². The van der Waals surface area contributed by atoms with Gasteiger partial charge in [0.2, 0.25) is 10.0 Å². The first-order valence-electron chi connectivity index (χ1n) is 5.10. The molecule has 3 N–H and O–H groups in total. The van der Waals surface area contributed by atoms with Crippen LogP contribution in [0.4, 0.5) is 5.69 Å². The second-order valence-corrected chi connectivity index (χ2v) is 6.47. The second-order valence-electron chi connectivity index (χ2n) is 3.37. The maximum Gasteiger partial charge on any atom is 0.212 e. The maximum atomic E-state index is 11.4. The Morgan fingerprint density at radius 2 is 2.00 bits per heavy atom. The molecule has 0 bridgehead atoms. The van der Waals surface area contributed by atoms with Gasteiger partial charge < -0.3 is 5.73 Å². The fraction of sp³-hybridized carbons (Fsp3) is 0.273. The number of nitrogens with one attached hydrogen (secondary N) is 1. The molecule has 0 aliphatic carbocycles. The van der Waals surface area contributed by atoms with E-state index in [1.54, 1.807) is 12.1 Å². The van der Waals surface area contributed by atoms with Crippen molar-refractivity contribution < 1.29 is 8.42 Å². The largest absolute Gasteiger partial charge is 0.399 e. The number of hydrogen-bond acceptors (Lipinski definition) is 4. The monoisotopic (exact) mass is 272 g/mol. The molecule has 0 unspecified atom stereocenters. The van der Waals surface area contributed by atoms with Crippen LogP contribution in [0.25, 0.3) is 0 Å². The van der Waals surface area contributed by atoms with Crippen LogP contribution < -0.4 is 10.5 Å². The molecule has 94 valence electrons. The average Bonchev–Trinajstić information content (AvgIpc) is 2.29. The van der Waals surface area contributed by atoms with E-state index < -0.39 is 10.0 Å². The summed E-state index contributed by atoms with van der Waals surface area (Å²) in [5.74, 6) is 0.603. The van der Waals surface area contributed by atoms with E-state index in [9.17, 15) is 8.42 Å². The highest BCUT2D eigenvalue weighted by molar-refractivity contribution is 8.00. The number of nitrogen functional groups attached to an aromatic ring is 1. The van der Waals surface area contributed by atoms with Crippen LogP contribution in [0.15, 0.2) is 41.8 Å². The summed E-state index contributed by atoms with van der Waals surface area (Å²) in [6.07, 6.45) is 1.52. The maximum absolute atomic E-state index is 11.4. The van der Waals surface area contributed by atoms with Gasteiger partial charge in [0.1, 0.15) is 0 Å². The molecule has 0 aliphatic rings. The smallest absolute Gasteiger partial charge is 0.212 e. The van der Waals surface area contributed by atoms with E-state index in [-0.39, 0.29) is 12.3 Å².